The molecule has 1 aromatic carbocycles. The third-order valence-electron chi connectivity index (χ3n) is 5.55. The second-order valence-corrected chi connectivity index (χ2v) is 8.56. The number of aryl methyl sites for hydroxylation is 1. The van der Waals surface area contributed by atoms with E-state index >= 15 is 0 Å². The van der Waals surface area contributed by atoms with Gasteiger partial charge in [-0.25, -0.2) is 4.68 Å². The summed E-state index contributed by atoms with van der Waals surface area (Å²) in [4.78, 5) is 26.0. The molecule has 0 saturated heterocycles. The van der Waals surface area contributed by atoms with Crippen LogP contribution < -0.4 is 10.9 Å². The smallest absolute Gasteiger partial charge is 0.276 e. The second kappa shape index (κ2) is 7.43. The van der Waals surface area contributed by atoms with Gasteiger partial charge in [-0.2, -0.15) is 5.10 Å². The van der Waals surface area contributed by atoms with E-state index in [0.717, 1.165) is 46.2 Å². The number of rotatable bonds is 3. The molecule has 1 atom stereocenters. The van der Waals surface area contributed by atoms with Gasteiger partial charge in [0.05, 0.1) is 15.8 Å². The van der Waals surface area contributed by atoms with E-state index in [1.54, 1.807) is 18.3 Å². The van der Waals surface area contributed by atoms with Gasteiger partial charge in [-0.3, -0.25) is 9.59 Å². The summed E-state index contributed by atoms with van der Waals surface area (Å²) in [5, 5.41) is 9.25. The molecule has 0 bridgehead atoms. The number of hydrogen-bond donors (Lipinski definition) is 1. The van der Waals surface area contributed by atoms with Crippen molar-refractivity contribution in [2.45, 2.75) is 64.5 Å². The minimum absolute atomic E-state index is 0.116. The Hall–Kier alpha value is -2.21. The van der Waals surface area contributed by atoms with E-state index in [0.29, 0.717) is 5.39 Å². The summed E-state index contributed by atoms with van der Waals surface area (Å²) < 4.78 is 3.35. The lowest BCUT2D eigenvalue weighted by atomic mass is 10.1. The number of carbonyl (C=O) groups is 1. The number of aromatic nitrogens is 2. The van der Waals surface area contributed by atoms with Crippen molar-refractivity contribution in [2.24, 2.45) is 0 Å². The molecule has 1 amide bonds. The monoisotopic (exact) mass is 383 g/mol. The molecule has 0 unspecified atom stereocenters. The third kappa shape index (κ3) is 3.38. The average Bonchev–Trinajstić information content (AvgIpc) is 2.88. The summed E-state index contributed by atoms with van der Waals surface area (Å²) in [6.45, 7) is 3.67. The van der Waals surface area contributed by atoms with Crippen molar-refractivity contribution in [3.05, 3.63) is 40.3 Å². The van der Waals surface area contributed by atoms with Crippen LogP contribution >= 0.6 is 11.3 Å². The molecule has 0 spiro atoms. The molecule has 142 valence electrons. The minimum Gasteiger partial charge on any atom is -0.352 e. The van der Waals surface area contributed by atoms with Gasteiger partial charge in [-0.05, 0) is 32.8 Å². The Morgan fingerprint density at radius 3 is 2.67 bits per heavy atom. The molecule has 0 radical (unpaired) electrons. The lowest BCUT2D eigenvalue weighted by Gasteiger charge is -2.20. The molecule has 1 aliphatic rings. The zero-order valence-corrected chi connectivity index (χ0v) is 16.6. The van der Waals surface area contributed by atoms with Gasteiger partial charge < -0.3 is 5.32 Å². The van der Waals surface area contributed by atoms with Crippen LogP contribution in [0.2, 0.25) is 0 Å². The molecule has 2 aromatic heterocycles. The predicted octanol–water partition coefficient (Wildman–Crippen LogP) is 4.32. The van der Waals surface area contributed by atoms with Crippen LogP contribution in [0.3, 0.4) is 0 Å². The molecule has 1 fully saturated rings. The molecule has 2 heterocycles. The maximum absolute atomic E-state index is 13.2. The molecule has 6 heteroatoms. The number of carbonyl (C=O) groups excluding carboxylic acids is 1. The van der Waals surface area contributed by atoms with E-state index in [9.17, 15) is 9.59 Å². The first-order valence-electron chi connectivity index (χ1n) is 9.77. The highest BCUT2D eigenvalue weighted by molar-refractivity contribution is 7.26. The number of nitrogens with zero attached hydrogens (tertiary/aromatic N) is 2. The van der Waals surface area contributed by atoms with E-state index in [1.807, 2.05) is 31.2 Å². The Bertz CT molecular complexity index is 1040. The van der Waals surface area contributed by atoms with Gasteiger partial charge in [0, 0.05) is 16.1 Å². The molecule has 1 saturated carbocycles. The number of fused-ring (bicyclic) bond motifs is 3. The molecule has 27 heavy (non-hydrogen) atoms. The fourth-order valence-electron chi connectivity index (χ4n) is 4.00. The Balaban J connectivity index is 1.70. The SMILES string of the molecule is Cc1nn([C@H](C)C(=O)NC2CCCCCC2)c(=O)c2c1sc1ccccc12. The van der Waals surface area contributed by atoms with Crippen LogP contribution in [-0.4, -0.2) is 21.7 Å². The summed E-state index contributed by atoms with van der Waals surface area (Å²) >= 11 is 1.59. The van der Waals surface area contributed by atoms with Crippen molar-refractivity contribution in [2.75, 3.05) is 0 Å². The van der Waals surface area contributed by atoms with Gasteiger partial charge in [0.2, 0.25) is 5.91 Å². The van der Waals surface area contributed by atoms with E-state index in [-0.39, 0.29) is 17.5 Å². The van der Waals surface area contributed by atoms with Crippen molar-refractivity contribution < 1.29 is 4.79 Å². The number of nitrogens with one attached hydrogen (secondary N) is 1. The number of benzene rings is 1. The van der Waals surface area contributed by atoms with Crippen LogP contribution in [0.4, 0.5) is 0 Å². The normalized spacial score (nSPS) is 17.1. The second-order valence-electron chi connectivity index (χ2n) is 7.51. The fraction of sp³-hybridized carbons (Fsp3) is 0.476. The summed E-state index contributed by atoms with van der Waals surface area (Å²) in [7, 11) is 0. The van der Waals surface area contributed by atoms with Gasteiger partial charge in [0.1, 0.15) is 6.04 Å². The summed E-state index contributed by atoms with van der Waals surface area (Å²) in [5.41, 5.74) is 0.608. The Kier molecular flexibility index (Phi) is 5.00. The van der Waals surface area contributed by atoms with Crippen LogP contribution in [-0.2, 0) is 4.79 Å². The van der Waals surface area contributed by atoms with E-state index in [4.69, 9.17) is 0 Å². The van der Waals surface area contributed by atoms with Crippen LogP contribution in [0.25, 0.3) is 20.2 Å². The third-order valence-corrected chi connectivity index (χ3v) is 6.83. The fourth-order valence-corrected chi connectivity index (χ4v) is 5.13. The highest BCUT2D eigenvalue weighted by atomic mass is 32.1. The zero-order valence-electron chi connectivity index (χ0n) is 15.8. The van der Waals surface area contributed by atoms with Gasteiger partial charge in [-0.1, -0.05) is 43.9 Å². The number of thiophene rings is 1. The first-order chi connectivity index (χ1) is 13.1. The quantitative estimate of drug-likeness (QED) is 0.685. The van der Waals surface area contributed by atoms with E-state index in [2.05, 4.69) is 10.4 Å². The van der Waals surface area contributed by atoms with Crippen molar-refractivity contribution in [1.29, 1.82) is 0 Å². The van der Waals surface area contributed by atoms with E-state index in [1.165, 1.54) is 17.5 Å². The predicted molar refractivity (Wildman–Crippen MR) is 110 cm³/mol. The molecule has 5 nitrogen and oxygen atoms in total. The van der Waals surface area contributed by atoms with Crippen molar-refractivity contribution in [1.82, 2.24) is 15.1 Å². The van der Waals surface area contributed by atoms with Crippen molar-refractivity contribution >= 4 is 37.4 Å². The molecule has 3 aromatic rings. The maximum Gasteiger partial charge on any atom is 0.276 e. The Morgan fingerprint density at radius 2 is 1.93 bits per heavy atom. The summed E-state index contributed by atoms with van der Waals surface area (Å²) in [6, 6.07) is 7.49. The largest absolute Gasteiger partial charge is 0.352 e. The summed E-state index contributed by atoms with van der Waals surface area (Å²) in [6.07, 6.45) is 6.84. The maximum atomic E-state index is 13.2. The zero-order chi connectivity index (χ0) is 19.0. The van der Waals surface area contributed by atoms with Crippen LogP contribution in [0.15, 0.2) is 29.1 Å². The van der Waals surface area contributed by atoms with Crippen molar-refractivity contribution in [3.63, 3.8) is 0 Å². The molecule has 0 aliphatic heterocycles. The molecule has 4 rings (SSSR count). The lowest BCUT2D eigenvalue weighted by molar-refractivity contribution is -0.125. The van der Waals surface area contributed by atoms with Crippen LogP contribution in [0.1, 0.15) is 57.2 Å². The highest BCUT2D eigenvalue weighted by Crippen LogP contribution is 2.32. The standard InChI is InChI=1S/C21H25N3O2S/c1-13-19-18(16-11-7-8-12-17(16)27-19)21(26)24(23-13)14(2)20(25)22-15-9-5-3-4-6-10-15/h7-8,11-12,14-15H,3-6,9-10H2,1-2H3,(H,22,25)/t14-/m1/s1. The number of hydrogen-bond acceptors (Lipinski definition) is 4. The van der Waals surface area contributed by atoms with Crippen molar-refractivity contribution in [3.8, 4) is 0 Å². The Labute approximate surface area is 162 Å². The first-order valence-corrected chi connectivity index (χ1v) is 10.6. The number of amides is 1. The van der Waals surface area contributed by atoms with E-state index < -0.39 is 6.04 Å². The Morgan fingerprint density at radius 1 is 1.22 bits per heavy atom. The van der Waals surface area contributed by atoms with Gasteiger partial charge in [0.25, 0.3) is 5.56 Å². The first kappa shape index (κ1) is 18.2. The van der Waals surface area contributed by atoms with Crippen LogP contribution in [0, 0.1) is 6.92 Å². The molecule has 1 aliphatic carbocycles. The summed E-state index contributed by atoms with van der Waals surface area (Å²) in [5.74, 6) is -0.116. The van der Waals surface area contributed by atoms with Gasteiger partial charge >= 0.3 is 0 Å². The lowest BCUT2D eigenvalue weighted by Crippen LogP contribution is -2.42. The molecular weight excluding hydrogens is 358 g/mol. The van der Waals surface area contributed by atoms with Gasteiger partial charge in [-0.15, -0.1) is 11.3 Å². The molecular formula is C21H25N3O2S. The van der Waals surface area contributed by atoms with Crippen LogP contribution in [0.5, 0.6) is 0 Å². The highest BCUT2D eigenvalue weighted by Gasteiger charge is 2.24. The molecule has 1 N–H and O–H groups in total. The minimum atomic E-state index is -0.623. The average molecular weight is 384 g/mol. The van der Waals surface area contributed by atoms with Gasteiger partial charge in [0.15, 0.2) is 0 Å². The topological polar surface area (TPSA) is 64.0 Å².